The maximum atomic E-state index is 13.2. The van der Waals surface area contributed by atoms with E-state index in [1.165, 1.54) is 0 Å². The highest BCUT2D eigenvalue weighted by molar-refractivity contribution is 6.26. The molecule has 184 valence electrons. The molecule has 0 bridgehead atoms. The van der Waals surface area contributed by atoms with Crippen LogP contribution in [0.3, 0.4) is 0 Å². The Hall–Kier alpha value is -3.49. The van der Waals surface area contributed by atoms with Gasteiger partial charge in [0, 0.05) is 29.9 Å². The van der Waals surface area contributed by atoms with Gasteiger partial charge in [0.1, 0.15) is 6.04 Å². The second-order valence-electron chi connectivity index (χ2n) is 9.40. The van der Waals surface area contributed by atoms with Gasteiger partial charge in [0.15, 0.2) is 11.9 Å². The molecule has 9 heteroatoms. The van der Waals surface area contributed by atoms with Crippen molar-refractivity contribution in [2.24, 2.45) is 5.41 Å². The lowest BCUT2D eigenvalue weighted by atomic mass is 9.97. The Morgan fingerprint density at radius 2 is 1.79 bits per heavy atom. The third kappa shape index (κ3) is 7.54. The molecule has 0 aliphatic heterocycles. The van der Waals surface area contributed by atoms with Crippen molar-refractivity contribution in [3.8, 4) is 0 Å². The number of carbonyl (C=O) groups excluding carboxylic acids is 4. The van der Waals surface area contributed by atoms with Crippen LogP contribution in [0.25, 0.3) is 10.9 Å². The first-order chi connectivity index (χ1) is 15.9. The summed E-state index contributed by atoms with van der Waals surface area (Å²) in [6, 6.07) is 6.42. The van der Waals surface area contributed by atoms with Gasteiger partial charge in [-0.25, -0.2) is 4.79 Å². The monoisotopic (exact) mass is 471 g/mol. The van der Waals surface area contributed by atoms with Crippen LogP contribution in [0.5, 0.6) is 0 Å². The van der Waals surface area contributed by atoms with Gasteiger partial charge in [-0.2, -0.15) is 0 Å². The second kappa shape index (κ2) is 11.6. The number of ether oxygens (including phenoxy) is 2. The predicted molar refractivity (Wildman–Crippen MR) is 128 cm³/mol. The fourth-order valence-electron chi connectivity index (χ4n) is 3.18. The van der Waals surface area contributed by atoms with Crippen LogP contribution in [-0.4, -0.2) is 53.1 Å². The number of ketones is 1. The van der Waals surface area contributed by atoms with Crippen LogP contribution in [0, 0.1) is 10.8 Å². The number of hydrogen-bond acceptors (Lipinski definition) is 7. The molecule has 0 aliphatic carbocycles. The van der Waals surface area contributed by atoms with Crippen LogP contribution in [0.15, 0.2) is 30.5 Å². The van der Waals surface area contributed by atoms with Crippen LogP contribution in [0.4, 0.5) is 0 Å². The second-order valence-corrected chi connectivity index (χ2v) is 9.40. The van der Waals surface area contributed by atoms with E-state index in [9.17, 15) is 19.2 Å². The van der Waals surface area contributed by atoms with Crippen molar-refractivity contribution in [2.75, 3.05) is 0 Å². The molecular weight excluding hydrogens is 438 g/mol. The molecule has 0 fully saturated rings. The molecule has 1 aromatic carbocycles. The molecule has 9 nitrogen and oxygen atoms in total. The Morgan fingerprint density at radius 1 is 1.12 bits per heavy atom. The van der Waals surface area contributed by atoms with Crippen LogP contribution in [-0.2, 0) is 35.1 Å². The third-order valence-electron chi connectivity index (χ3n) is 5.03. The zero-order valence-electron chi connectivity index (χ0n) is 20.3. The highest BCUT2D eigenvalue weighted by Crippen LogP contribution is 2.22. The maximum Gasteiger partial charge on any atom is 0.328 e. The number of H-pyrrole nitrogens is 1. The number of carbonyl (C=O) groups is 4. The number of para-hydroxylation sites is 1. The molecule has 1 heterocycles. The van der Waals surface area contributed by atoms with Crippen molar-refractivity contribution >= 4 is 40.7 Å². The number of Topliss-reactive ketones (excluding diaryl/α,β-unsaturated/α-hetero) is 1. The summed E-state index contributed by atoms with van der Waals surface area (Å²) in [5, 5.41) is 10.5. The zero-order valence-corrected chi connectivity index (χ0v) is 20.3. The minimum atomic E-state index is -1.21. The van der Waals surface area contributed by atoms with E-state index >= 15 is 0 Å². The van der Waals surface area contributed by atoms with Crippen molar-refractivity contribution < 1.29 is 28.7 Å². The van der Waals surface area contributed by atoms with Gasteiger partial charge >= 0.3 is 11.9 Å². The Balaban J connectivity index is 2.29. The summed E-state index contributed by atoms with van der Waals surface area (Å²) in [5.41, 5.74) is 0.811. The quantitative estimate of drug-likeness (QED) is 0.340. The van der Waals surface area contributed by atoms with E-state index in [1.807, 2.05) is 24.3 Å². The van der Waals surface area contributed by atoms with Crippen molar-refractivity contribution in [3.05, 3.63) is 36.0 Å². The molecule has 0 unspecified atom stereocenters. The van der Waals surface area contributed by atoms with Crippen LogP contribution < -0.4 is 5.32 Å². The topological polar surface area (TPSA) is 138 Å². The lowest BCUT2D eigenvalue weighted by molar-refractivity contribution is -0.164. The molecule has 0 spiro atoms. The average molecular weight is 472 g/mol. The number of nitrogens with one attached hydrogen (secondary N) is 3. The van der Waals surface area contributed by atoms with Gasteiger partial charge in [0.2, 0.25) is 0 Å². The maximum absolute atomic E-state index is 13.2. The van der Waals surface area contributed by atoms with Crippen molar-refractivity contribution in [2.45, 2.75) is 72.1 Å². The van der Waals surface area contributed by atoms with Gasteiger partial charge in [0.05, 0.1) is 17.7 Å². The molecule has 0 radical (unpaired) electrons. The van der Waals surface area contributed by atoms with E-state index in [-0.39, 0.29) is 19.3 Å². The number of esters is 2. The zero-order chi connectivity index (χ0) is 25.5. The van der Waals surface area contributed by atoms with Gasteiger partial charge in [0.25, 0.3) is 5.91 Å². The first-order valence-corrected chi connectivity index (χ1v) is 11.2. The first-order valence-electron chi connectivity index (χ1n) is 11.2. The highest BCUT2D eigenvalue weighted by atomic mass is 16.6. The normalized spacial score (nSPS) is 13.2. The number of benzene rings is 1. The fourth-order valence-corrected chi connectivity index (χ4v) is 3.18. The lowest BCUT2D eigenvalue weighted by Crippen LogP contribution is -2.49. The number of rotatable bonds is 11. The smallest absolute Gasteiger partial charge is 0.328 e. The van der Waals surface area contributed by atoms with E-state index in [4.69, 9.17) is 14.9 Å². The Kier molecular flexibility index (Phi) is 9.11. The molecule has 3 N–H and O–H groups in total. The molecule has 2 aromatic rings. The van der Waals surface area contributed by atoms with E-state index in [0.717, 1.165) is 16.5 Å². The Bertz CT molecular complexity index is 1050. The molecule has 2 rings (SSSR count). The Morgan fingerprint density at radius 3 is 2.41 bits per heavy atom. The average Bonchev–Trinajstić information content (AvgIpc) is 3.17. The highest BCUT2D eigenvalue weighted by Gasteiger charge is 2.33. The molecular formula is C25H33N3O6. The van der Waals surface area contributed by atoms with Crippen molar-refractivity contribution in [1.29, 1.82) is 5.41 Å². The summed E-state index contributed by atoms with van der Waals surface area (Å²) in [4.78, 5) is 53.2. The van der Waals surface area contributed by atoms with Gasteiger partial charge < -0.3 is 25.2 Å². The van der Waals surface area contributed by atoms with E-state index in [2.05, 4.69) is 10.3 Å². The summed E-state index contributed by atoms with van der Waals surface area (Å²) in [7, 11) is 0. The van der Waals surface area contributed by atoms with Crippen molar-refractivity contribution in [1.82, 2.24) is 10.3 Å². The van der Waals surface area contributed by atoms with E-state index in [0.29, 0.717) is 6.21 Å². The van der Waals surface area contributed by atoms with Gasteiger partial charge in [-0.05, 0) is 52.7 Å². The molecule has 1 aromatic heterocycles. The molecule has 0 saturated heterocycles. The van der Waals surface area contributed by atoms with Crippen molar-refractivity contribution in [3.63, 3.8) is 0 Å². The lowest BCUT2D eigenvalue weighted by Gasteiger charge is -2.25. The Labute approximate surface area is 199 Å². The molecule has 0 aliphatic rings. The minimum Gasteiger partial charge on any atom is -0.461 e. The van der Waals surface area contributed by atoms with Gasteiger partial charge in [-0.3, -0.25) is 14.4 Å². The number of hydrogen-bond donors (Lipinski definition) is 3. The largest absolute Gasteiger partial charge is 0.461 e. The minimum absolute atomic E-state index is 0.0431. The van der Waals surface area contributed by atoms with Gasteiger partial charge in [-0.1, -0.05) is 18.2 Å². The predicted octanol–water partition coefficient (Wildman–Crippen LogP) is 3.10. The number of fused-ring (bicyclic) bond motifs is 1. The standard InChI is InChI=1S/C25H33N3O6/c1-15(2)33-23(31)20(11-10-17(29)13-26)28-22(30)21(34-24(32)25(3,4)5)12-16-14-27-19-9-7-6-8-18(16)19/h6-9,13-15,20-21,26-27H,10-12H2,1-5H3,(H,28,30)/t20-,21-/m0/s1. The van der Waals surface area contributed by atoms with Crippen LogP contribution >= 0.6 is 0 Å². The van der Waals surface area contributed by atoms with Crippen LogP contribution in [0.1, 0.15) is 53.0 Å². The van der Waals surface area contributed by atoms with E-state index < -0.39 is 47.3 Å². The summed E-state index contributed by atoms with van der Waals surface area (Å²) in [6.07, 6.45) is 0.712. The summed E-state index contributed by atoms with van der Waals surface area (Å²) in [5.74, 6) is -2.41. The number of aromatic nitrogens is 1. The third-order valence-corrected chi connectivity index (χ3v) is 5.03. The van der Waals surface area contributed by atoms with Crippen LogP contribution in [0.2, 0.25) is 0 Å². The SMILES string of the molecule is CC(C)OC(=O)[C@H](CCC(=O)C=N)NC(=O)[C@H](Cc1c[nH]c2ccccc12)OC(=O)C(C)(C)C. The molecule has 2 atom stereocenters. The number of amides is 1. The van der Waals surface area contributed by atoms with Gasteiger partial charge in [-0.15, -0.1) is 0 Å². The molecule has 34 heavy (non-hydrogen) atoms. The summed E-state index contributed by atoms with van der Waals surface area (Å²) < 4.78 is 10.8. The fraction of sp³-hybridized carbons (Fsp3) is 0.480. The molecule has 1 amide bonds. The molecule has 0 saturated carbocycles. The summed E-state index contributed by atoms with van der Waals surface area (Å²) >= 11 is 0. The number of aromatic amines is 1. The first kappa shape index (κ1) is 26.8. The summed E-state index contributed by atoms with van der Waals surface area (Å²) in [6.45, 7) is 8.39. The van der Waals surface area contributed by atoms with E-state index in [1.54, 1.807) is 40.8 Å².